The van der Waals surface area contributed by atoms with Gasteiger partial charge in [0.25, 0.3) is 0 Å². The second-order valence-corrected chi connectivity index (χ2v) is 5.41. The molecule has 0 bridgehead atoms. The molecule has 0 fully saturated rings. The van der Waals surface area contributed by atoms with Crippen molar-refractivity contribution in [1.29, 1.82) is 0 Å². The van der Waals surface area contributed by atoms with Crippen molar-refractivity contribution in [2.75, 3.05) is 18.6 Å². The summed E-state index contributed by atoms with van der Waals surface area (Å²) in [4.78, 5) is 15.9. The van der Waals surface area contributed by atoms with Gasteiger partial charge in [-0.2, -0.15) is 15.0 Å². The first kappa shape index (κ1) is 15.1. The standard InChI is InChI=1S/C14H14N6O2S/c1-21-9-4-2-8(3-5-9)10-6-17-11(22-10)7-23-14-19-12(15)18-13(16)20-14/h2-6H,7H2,1H3,(H4,15,16,18,19,20). The first-order valence-electron chi connectivity index (χ1n) is 6.63. The lowest BCUT2D eigenvalue weighted by Gasteiger charge is -2.01. The molecule has 3 rings (SSSR count). The molecule has 9 heteroatoms. The SMILES string of the molecule is COc1ccc(-c2cnc(CSc3nc(N)nc(N)n3)o2)cc1. The number of nitrogens with zero attached hydrogens (tertiary/aromatic N) is 4. The van der Waals surface area contributed by atoms with Crippen LogP contribution in [0.15, 0.2) is 40.0 Å². The molecule has 3 aromatic rings. The molecule has 0 aliphatic carbocycles. The second kappa shape index (κ2) is 6.53. The predicted molar refractivity (Wildman–Crippen MR) is 86.7 cm³/mol. The van der Waals surface area contributed by atoms with Crippen LogP contribution in [-0.2, 0) is 5.75 Å². The Morgan fingerprint density at radius 3 is 2.43 bits per heavy atom. The Morgan fingerprint density at radius 1 is 1.09 bits per heavy atom. The van der Waals surface area contributed by atoms with Gasteiger partial charge < -0.3 is 20.6 Å². The lowest BCUT2D eigenvalue weighted by molar-refractivity contribution is 0.415. The Bertz CT molecular complexity index is 785. The lowest BCUT2D eigenvalue weighted by Crippen LogP contribution is -2.03. The molecule has 0 unspecified atom stereocenters. The van der Waals surface area contributed by atoms with Crippen molar-refractivity contribution in [2.24, 2.45) is 0 Å². The number of rotatable bonds is 5. The van der Waals surface area contributed by atoms with E-state index >= 15 is 0 Å². The number of hydrogen-bond donors (Lipinski definition) is 2. The van der Waals surface area contributed by atoms with Gasteiger partial charge in [-0.1, -0.05) is 11.8 Å². The molecule has 0 radical (unpaired) electrons. The van der Waals surface area contributed by atoms with Crippen LogP contribution in [0.5, 0.6) is 5.75 Å². The third-order valence-corrected chi connectivity index (χ3v) is 3.73. The molecule has 4 N–H and O–H groups in total. The number of hydrogen-bond acceptors (Lipinski definition) is 9. The fraction of sp³-hybridized carbons (Fsp3) is 0.143. The van der Waals surface area contributed by atoms with Crippen LogP contribution in [0.25, 0.3) is 11.3 Å². The summed E-state index contributed by atoms with van der Waals surface area (Å²) in [6.07, 6.45) is 1.67. The summed E-state index contributed by atoms with van der Waals surface area (Å²) < 4.78 is 10.8. The number of thioether (sulfide) groups is 1. The summed E-state index contributed by atoms with van der Waals surface area (Å²) in [7, 11) is 1.62. The van der Waals surface area contributed by atoms with Gasteiger partial charge in [0.1, 0.15) is 5.75 Å². The maximum atomic E-state index is 5.72. The van der Waals surface area contributed by atoms with E-state index in [1.165, 1.54) is 11.8 Å². The smallest absolute Gasteiger partial charge is 0.225 e. The molecule has 2 heterocycles. The highest BCUT2D eigenvalue weighted by Crippen LogP contribution is 2.26. The zero-order chi connectivity index (χ0) is 16.2. The topological polar surface area (TPSA) is 126 Å². The number of aromatic nitrogens is 4. The molecule has 2 aromatic heterocycles. The van der Waals surface area contributed by atoms with Gasteiger partial charge in [-0.05, 0) is 24.3 Å². The van der Waals surface area contributed by atoms with E-state index in [2.05, 4.69) is 19.9 Å². The average molecular weight is 330 g/mol. The fourth-order valence-electron chi connectivity index (χ4n) is 1.84. The first-order chi connectivity index (χ1) is 11.1. The molecular weight excluding hydrogens is 316 g/mol. The number of anilines is 2. The van der Waals surface area contributed by atoms with Gasteiger partial charge in [0.2, 0.25) is 17.8 Å². The number of ether oxygens (including phenoxy) is 1. The van der Waals surface area contributed by atoms with Gasteiger partial charge in [-0.25, -0.2) is 4.98 Å². The maximum Gasteiger partial charge on any atom is 0.225 e. The number of methoxy groups -OCH3 is 1. The quantitative estimate of drug-likeness (QED) is 0.675. The zero-order valence-electron chi connectivity index (χ0n) is 12.3. The molecule has 23 heavy (non-hydrogen) atoms. The molecule has 0 atom stereocenters. The minimum atomic E-state index is 0.0892. The number of oxazole rings is 1. The molecule has 0 saturated carbocycles. The van der Waals surface area contributed by atoms with Crippen LogP contribution in [0.3, 0.4) is 0 Å². The third kappa shape index (κ3) is 3.69. The Balaban J connectivity index is 1.69. The molecule has 0 aliphatic rings. The van der Waals surface area contributed by atoms with E-state index in [0.717, 1.165) is 11.3 Å². The Labute approximate surface area is 136 Å². The highest BCUT2D eigenvalue weighted by molar-refractivity contribution is 7.98. The summed E-state index contributed by atoms with van der Waals surface area (Å²) in [5.74, 6) is 2.65. The van der Waals surface area contributed by atoms with Crippen molar-refractivity contribution in [3.8, 4) is 17.1 Å². The van der Waals surface area contributed by atoms with Gasteiger partial charge in [0.05, 0.1) is 19.1 Å². The van der Waals surface area contributed by atoms with E-state index in [0.29, 0.717) is 22.6 Å². The van der Waals surface area contributed by atoms with Crippen molar-refractivity contribution < 1.29 is 9.15 Å². The summed E-state index contributed by atoms with van der Waals surface area (Å²) in [5.41, 5.74) is 12.0. The highest BCUT2D eigenvalue weighted by atomic mass is 32.2. The summed E-state index contributed by atoms with van der Waals surface area (Å²) >= 11 is 1.32. The zero-order valence-corrected chi connectivity index (χ0v) is 13.1. The van der Waals surface area contributed by atoms with E-state index in [1.54, 1.807) is 13.3 Å². The Morgan fingerprint density at radius 2 is 1.78 bits per heavy atom. The van der Waals surface area contributed by atoms with Gasteiger partial charge in [0.15, 0.2) is 10.9 Å². The van der Waals surface area contributed by atoms with Crippen molar-refractivity contribution in [2.45, 2.75) is 10.9 Å². The van der Waals surface area contributed by atoms with Crippen molar-refractivity contribution in [3.05, 3.63) is 36.4 Å². The van der Waals surface area contributed by atoms with E-state index in [4.69, 9.17) is 20.6 Å². The molecule has 8 nitrogen and oxygen atoms in total. The average Bonchev–Trinajstić information content (AvgIpc) is 3.01. The number of nitrogens with two attached hydrogens (primary N) is 2. The van der Waals surface area contributed by atoms with Crippen LogP contribution in [0.2, 0.25) is 0 Å². The van der Waals surface area contributed by atoms with Crippen LogP contribution in [0.4, 0.5) is 11.9 Å². The number of benzene rings is 1. The van der Waals surface area contributed by atoms with Crippen LogP contribution in [0.1, 0.15) is 5.89 Å². The fourth-order valence-corrected chi connectivity index (χ4v) is 2.55. The normalized spacial score (nSPS) is 10.7. The summed E-state index contributed by atoms with van der Waals surface area (Å²) in [6.45, 7) is 0. The molecule has 0 aliphatic heterocycles. The van der Waals surface area contributed by atoms with Gasteiger partial charge in [-0.3, -0.25) is 0 Å². The van der Waals surface area contributed by atoms with Gasteiger partial charge >= 0.3 is 0 Å². The maximum absolute atomic E-state index is 5.72. The largest absolute Gasteiger partial charge is 0.497 e. The third-order valence-electron chi connectivity index (χ3n) is 2.90. The molecule has 1 aromatic carbocycles. The summed E-state index contributed by atoms with van der Waals surface area (Å²) in [5, 5.41) is 0.430. The van der Waals surface area contributed by atoms with Crippen LogP contribution in [-0.4, -0.2) is 27.0 Å². The van der Waals surface area contributed by atoms with Crippen LogP contribution < -0.4 is 16.2 Å². The highest BCUT2D eigenvalue weighted by Gasteiger charge is 2.09. The molecule has 118 valence electrons. The summed E-state index contributed by atoms with van der Waals surface area (Å²) in [6, 6.07) is 7.54. The van der Waals surface area contributed by atoms with Gasteiger partial charge in [-0.15, -0.1) is 0 Å². The van der Waals surface area contributed by atoms with Gasteiger partial charge in [0, 0.05) is 5.56 Å². The molecule has 0 saturated heterocycles. The van der Waals surface area contributed by atoms with Crippen molar-refractivity contribution >= 4 is 23.7 Å². The van der Waals surface area contributed by atoms with Crippen LogP contribution >= 0.6 is 11.8 Å². The Hall–Kier alpha value is -2.81. The van der Waals surface area contributed by atoms with Crippen molar-refractivity contribution in [3.63, 3.8) is 0 Å². The second-order valence-electron chi connectivity index (χ2n) is 4.47. The minimum Gasteiger partial charge on any atom is -0.497 e. The van der Waals surface area contributed by atoms with Crippen LogP contribution in [0, 0.1) is 0 Å². The van der Waals surface area contributed by atoms with E-state index in [-0.39, 0.29) is 11.9 Å². The minimum absolute atomic E-state index is 0.0892. The first-order valence-corrected chi connectivity index (χ1v) is 7.61. The number of nitrogen functional groups attached to an aromatic ring is 2. The van der Waals surface area contributed by atoms with E-state index in [9.17, 15) is 0 Å². The lowest BCUT2D eigenvalue weighted by atomic mass is 10.2. The van der Waals surface area contributed by atoms with Crippen molar-refractivity contribution in [1.82, 2.24) is 19.9 Å². The van der Waals surface area contributed by atoms with E-state index < -0.39 is 0 Å². The molecule has 0 amide bonds. The molecular formula is C14H14N6O2S. The van der Waals surface area contributed by atoms with E-state index in [1.807, 2.05) is 24.3 Å². The Kier molecular flexibility index (Phi) is 4.29. The molecule has 0 spiro atoms. The monoisotopic (exact) mass is 330 g/mol. The predicted octanol–water partition coefficient (Wildman–Crippen LogP) is 1.99.